The maximum absolute atomic E-state index is 9.03. The summed E-state index contributed by atoms with van der Waals surface area (Å²) in [6, 6.07) is 0. The van der Waals surface area contributed by atoms with Crippen molar-refractivity contribution in [3.63, 3.8) is 0 Å². The Morgan fingerprint density at radius 1 is 1.25 bits per heavy atom. The smallest absolute Gasteiger partial charge is 0.0512 e. The quantitative estimate of drug-likeness (QED) is 0.636. The van der Waals surface area contributed by atoms with Gasteiger partial charge in [-0.25, -0.2) is 0 Å². The molecule has 1 N–H and O–H groups in total. The van der Waals surface area contributed by atoms with Gasteiger partial charge in [-0.05, 0) is 58.7 Å². The first-order valence-electron chi connectivity index (χ1n) is 5.19. The zero-order chi connectivity index (χ0) is 8.81. The van der Waals surface area contributed by atoms with Gasteiger partial charge in [0.2, 0.25) is 0 Å². The van der Waals surface area contributed by atoms with Gasteiger partial charge in [0.15, 0.2) is 0 Å². The fourth-order valence-electron chi connectivity index (χ4n) is 1.78. The van der Waals surface area contributed by atoms with Gasteiger partial charge >= 0.3 is 0 Å². The number of likely N-dealkylation sites (tertiary alicyclic amines) is 1. The molecule has 0 aliphatic carbocycles. The van der Waals surface area contributed by atoms with E-state index in [1.165, 1.54) is 45.3 Å². The van der Waals surface area contributed by atoms with Crippen molar-refractivity contribution in [2.75, 3.05) is 19.6 Å². The maximum Gasteiger partial charge on any atom is 0.0512 e. The Balaban J connectivity index is 1.88. The Morgan fingerprint density at radius 2 is 1.92 bits per heavy atom. The predicted octanol–water partition coefficient (Wildman–Crippen LogP) is 1.63. The van der Waals surface area contributed by atoms with Crippen molar-refractivity contribution >= 4 is 0 Å². The average Bonchev–Trinajstić information content (AvgIpc) is 2.49. The molecule has 1 rings (SSSR count). The molecule has 0 aromatic carbocycles. The Morgan fingerprint density at radius 3 is 2.50 bits per heavy atom. The van der Waals surface area contributed by atoms with Crippen LogP contribution < -0.4 is 0 Å². The lowest BCUT2D eigenvalue weighted by atomic mass is 10.2. The van der Waals surface area contributed by atoms with Gasteiger partial charge in [0, 0.05) is 0 Å². The number of rotatable bonds is 5. The highest BCUT2D eigenvalue weighted by atomic mass is 16.3. The maximum atomic E-state index is 9.03. The van der Waals surface area contributed by atoms with Gasteiger partial charge in [0.1, 0.15) is 0 Å². The van der Waals surface area contributed by atoms with E-state index < -0.39 is 0 Å². The normalized spacial score (nSPS) is 21.5. The van der Waals surface area contributed by atoms with E-state index >= 15 is 0 Å². The van der Waals surface area contributed by atoms with Crippen molar-refractivity contribution in [2.45, 2.75) is 45.1 Å². The second-order valence-electron chi connectivity index (χ2n) is 3.89. The highest BCUT2D eigenvalue weighted by Gasteiger charge is 2.10. The molecule has 0 saturated carbocycles. The topological polar surface area (TPSA) is 23.5 Å². The van der Waals surface area contributed by atoms with Crippen LogP contribution in [0.15, 0.2) is 0 Å². The molecule has 12 heavy (non-hydrogen) atoms. The number of nitrogens with zero attached hydrogens (tertiary/aromatic N) is 1. The standard InChI is InChI=1S/C10H21NO/c1-10(12)6-2-3-7-11-8-4-5-9-11/h10,12H,2-9H2,1H3/t10-/m1/s1. The molecule has 0 aromatic rings. The Labute approximate surface area is 75.6 Å². The molecule has 0 bridgehead atoms. The summed E-state index contributed by atoms with van der Waals surface area (Å²) in [4.78, 5) is 2.53. The van der Waals surface area contributed by atoms with Gasteiger partial charge in [-0.2, -0.15) is 0 Å². The molecule has 1 aliphatic heterocycles. The van der Waals surface area contributed by atoms with Crippen LogP contribution in [-0.2, 0) is 0 Å². The number of unbranched alkanes of at least 4 members (excludes halogenated alkanes) is 1. The highest BCUT2D eigenvalue weighted by Crippen LogP contribution is 2.09. The molecule has 0 radical (unpaired) electrons. The molecule has 0 unspecified atom stereocenters. The van der Waals surface area contributed by atoms with E-state index in [2.05, 4.69) is 4.90 Å². The van der Waals surface area contributed by atoms with Gasteiger partial charge in [-0.3, -0.25) is 0 Å². The van der Waals surface area contributed by atoms with Crippen molar-refractivity contribution < 1.29 is 5.11 Å². The number of hydrogen-bond donors (Lipinski definition) is 1. The van der Waals surface area contributed by atoms with Crippen LogP contribution in [0.2, 0.25) is 0 Å². The summed E-state index contributed by atoms with van der Waals surface area (Å²) in [6.45, 7) is 5.71. The molecule has 2 heteroatoms. The summed E-state index contributed by atoms with van der Waals surface area (Å²) >= 11 is 0. The molecule has 0 spiro atoms. The Hall–Kier alpha value is -0.0800. The molecule has 1 heterocycles. The van der Waals surface area contributed by atoms with Crippen molar-refractivity contribution in [2.24, 2.45) is 0 Å². The number of aliphatic hydroxyl groups is 1. The fourth-order valence-corrected chi connectivity index (χ4v) is 1.78. The summed E-state index contributed by atoms with van der Waals surface area (Å²) in [5, 5.41) is 9.03. The third-order valence-corrected chi connectivity index (χ3v) is 2.54. The molecule has 1 aliphatic rings. The van der Waals surface area contributed by atoms with Crippen LogP contribution in [0.25, 0.3) is 0 Å². The molecular formula is C10H21NO. The van der Waals surface area contributed by atoms with Gasteiger partial charge in [0.25, 0.3) is 0 Å². The van der Waals surface area contributed by atoms with Crippen molar-refractivity contribution in [1.82, 2.24) is 4.90 Å². The number of aliphatic hydroxyl groups excluding tert-OH is 1. The third-order valence-electron chi connectivity index (χ3n) is 2.54. The molecule has 2 nitrogen and oxygen atoms in total. The Kier molecular flexibility index (Phi) is 4.62. The summed E-state index contributed by atoms with van der Waals surface area (Å²) in [5.41, 5.74) is 0. The second-order valence-corrected chi connectivity index (χ2v) is 3.89. The van der Waals surface area contributed by atoms with E-state index in [1.54, 1.807) is 0 Å². The van der Waals surface area contributed by atoms with E-state index in [4.69, 9.17) is 5.11 Å². The van der Waals surface area contributed by atoms with Crippen molar-refractivity contribution in [3.8, 4) is 0 Å². The van der Waals surface area contributed by atoms with Gasteiger partial charge in [0.05, 0.1) is 6.10 Å². The van der Waals surface area contributed by atoms with E-state index in [9.17, 15) is 0 Å². The minimum Gasteiger partial charge on any atom is -0.393 e. The minimum atomic E-state index is -0.108. The van der Waals surface area contributed by atoms with Gasteiger partial charge < -0.3 is 10.0 Å². The summed E-state index contributed by atoms with van der Waals surface area (Å²) in [5.74, 6) is 0. The molecular weight excluding hydrogens is 150 g/mol. The molecule has 72 valence electrons. The lowest BCUT2D eigenvalue weighted by Crippen LogP contribution is -2.20. The predicted molar refractivity (Wildman–Crippen MR) is 51.2 cm³/mol. The highest BCUT2D eigenvalue weighted by molar-refractivity contribution is 4.65. The Bertz CT molecular complexity index is 108. The molecule has 1 saturated heterocycles. The summed E-state index contributed by atoms with van der Waals surface area (Å²) in [6.07, 6.45) is 6.06. The van der Waals surface area contributed by atoms with Gasteiger partial charge in [-0.1, -0.05) is 0 Å². The van der Waals surface area contributed by atoms with Crippen LogP contribution in [0.3, 0.4) is 0 Å². The van der Waals surface area contributed by atoms with E-state index in [1.807, 2.05) is 6.92 Å². The lowest BCUT2D eigenvalue weighted by molar-refractivity contribution is 0.178. The fraction of sp³-hybridized carbons (Fsp3) is 1.00. The zero-order valence-electron chi connectivity index (χ0n) is 8.13. The molecule has 1 fully saturated rings. The number of hydrogen-bond acceptors (Lipinski definition) is 2. The molecule has 0 amide bonds. The summed E-state index contributed by atoms with van der Waals surface area (Å²) in [7, 11) is 0. The van der Waals surface area contributed by atoms with Crippen molar-refractivity contribution in [3.05, 3.63) is 0 Å². The second kappa shape index (κ2) is 5.55. The molecule has 1 atom stereocenters. The minimum absolute atomic E-state index is 0.108. The SMILES string of the molecule is C[C@@H](O)CCCCN1CCCC1. The lowest BCUT2D eigenvalue weighted by Gasteiger charge is -2.14. The summed E-state index contributed by atoms with van der Waals surface area (Å²) < 4.78 is 0. The van der Waals surface area contributed by atoms with Crippen LogP contribution in [0.1, 0.15) is 39.0 Å². The van der Waals surface area contributed by atoms with E-state index in [0.29, 0.717) is 0 Å². The van der Waals surface area contributed by atoms with Crippen LogP contribution >= 0.6 is 0 Å². The third kappa shape index (κ3) is 4.07. The van der Waals surface area contributed by atoms with Crippen LogP contribution in [0.5, 0.6) is 0 Å². The first kappa shape index (κ1) is 10.0. The van der Waals surface area contributed by atoms with Crippen LogP contribution in [-0.4, -0.2) is 35.7 Å². The van der Waals surface area contributed by atoms with Crippen molar-refractivity contribution in [1.29, 1.82) is 0 Å². The molecule has 0 aromatic heterocycles. The van der Waals surface area contributed by atoms with E-state index in [-0.39, 0.29) is 6.10 Å². The van der Waals surface area contributed by atoms with Crippen LogP contribution in [0, 0.1) is 0 Å². The first-order valence-corrected chi connectivity index (χ1v) is 5.19. The zero-order valence-corrected chi connectivity index (χ0v) is 8.13. The largest absolute Gasteiger partial charge is 0.393 e. The van der Waals surface area contributed by atoms with Crippen LogP contribution in [0.4, 0.5) is 0 Å². The van der Waals surface area contributed by atoms with Gasteiger partial charge in [-0.15, -0.1) is 0 Å². The average molecular weight is 171 g/mol. The monoisotopic (exact) mass is 171 g/mol. The first-order chi connectivity index (χ1) is 5.79. The van der Waals surface area contributed by atoms with E-state index in [0.717, 1.165) is 6.42 Å².